The number of nitrogens with zero attached hydrogens (tertiary/aromatic N) is 4. The summed E-state index contributed by atoms with van der Waals surface area (Å²) in [5.74, 6) is 0.590. The van der Waals surface area contributed by atoms with Crippen LogP contribution < -0.4 is 15.2 Å². The van der Waals surface area contributed by atoms with Gasteiger partial charge < -0.3 is 19.1 Å². The van der Waals surface area contributed by atoms with E-state index in [0.29, 0.717) is 32.7 Å². The van der Waals surface area contributed by atoms with Crippen LogP contribution in [0.15, 0.2) is 52.3 Å². The average Bonchev–Trinajstić information content (AvgIpc) is 3.07. The molecule has 0 unspecified atom stereocenters. The lowest BCUT2D eigenvalue weighted by Gasteiger charge is -2.24. The molecule has 0 bridgehead atoms. The quantitative estimate of drug-likeness (QED) is 0.575. The first kappa shape index (κ1) is 24.8. The van der Waals surface area contributed by atoms with Gasteiger partial charge in [0.05, 0.1) is 12.0 Å². The van der Waals surface area contributed by atoms with Crippen LogP contribution >= 0.6 is 0 Å². The number of methoxy groups -OCH3 is 1. The van der Waals surface area contributed by atoms with Crippen molar-refractivity contribution in [3.63, 3.8) is 0 Å². The van der Waals surface area contributed by atoms with Crippen molar-refractivity contribution in [3.05, 3.63) is 52.9 Å². The maximum atomic E-state index is 13.0. The number of carbonyl (C=O) groups excluding carboxylic acids is 1. The predicted octanol–water partition coefficient (Wildman–Crippen LogP) is 1.63. The molecule has 33 heavy (non-hydrogen) atoms. The van der Waals surface area contributed by atoms with E-state index in [2.05, 4.69) is 4.90 Å². The Bertz CT molecular complexity index is 1110. The van der Waals surface area contributed by atoms with E-state index in [9.17, 15) is 18.0 Å². The summed E-state index contributed by atoms with van der Waals surface area (Å²) in [5.41, 5.74) is 0.659. The van der Waals surface area contributed by atoms with E-state index in [1.807, 2.05) is 24.3 Å². The first-order valence-corrected chi connectivity index (χ1v) is 12.6. The number of hydrogen-bond acceptors (Lipinski definition) is 6. The number of rotatable bonds is 8. The first-order chi connectivity index (χ1) is 15.8. The maximum absolute atomic E-state index is 13.0. The molecule has 0 saturated carbocycles. The van der Waals surface area contributed by atoms with Crippen molar-refractivity contribution in [3.8, 4) is 5.75 Å². The van der Waals surface area contributed by atoms with Crippen LogP contribution in [0.4, 0.5) is 5.69 Å². The molecule has 0 radical (unpaired) electrons. The summed E-state index contributed by atoms with van der Waals surface area (Å²) in [6, 6.07) is 10.3. The number of ether oxygens (including phenoxy) is 1. The van der Waals surface area contributed by atoms with Crippen molar-refractivity contribution >= 4 is 21.6 Å². The van der Waals surface area contributed by atoms with Gasteiger partial charge in [-0.3, -0.25) is 9.59 Å². The van der Waals surface area contributed by atoms with Crippen LogP contribution in [0.3, 0.4) is 0 Å². The zero-order chi connectivity index (χ0) is 24.0. The van der Waals surface area contributed by atoms with Crippen LogP contribution in [0.2, 0.25) is 0 Å². The van der Waals surface area contributed by atoms with Gasteiger partial charge in [0.25, 0.3) is 5.56 Å². The molecule has 10 heteroatoms. The highest BCUT2D eigenvalue weighted by Gasteiger charge is 2.24. The standard InChI is InChI=1S/C23H32N4O5S/c1-4-27(5-2)33(30,31)21-11-12-22(28)26(17-21)18-23(29)25-14-6-13-24(15-16-25)19-7-9-20(32-3)10-8-19/h7-12,17H,4-6,13-16,18H2,1-3H3. The first-order valence-electron chi connectivity index (χ1n) is 11.2. The smallest absolute Gasteiger partial charge is 0.251 e. The third-order valence-corrected chi connectivity index (χ3v) is 7.92. The summed E-state index contributed by atoms with van der Waals surface area (Å²) < 4.78 is 33.3. The molecule has 1 amide bonds. The molecule has 3 rings (SSSR count). The van der Waals surface area contributed by atoms with E-state index in [0.717, 1.165) is 24.4 Å². The molecule has 1 aromatic carbocycles. The minimum atomic E-state index is -3.72. The monoisotopic (exact) mass is 476 g/mol. The lowest BCUT2D eigenvalue weighted by molar-refractivity contribution is -0.131. The van der Waals surface area contributed by atoms with Gasteiger partial charge in [-0.1, -0.05) is 13.8 Å². The highest BCUT2D eigenvalue weighted by molar-refractivity contribution is 7.89. The van der Waals surface area contributed by atoms with Crippen LogP contribution in [-0.2, 0) is 21.4 Å². The number of amides is 1. The Labute approximate surface area is 195 Å². The number of anilines is 1. The zero-order valence-electron chi connectivity index (χ0n) is 19.4. The van der Waals surface area contributed by atoms with E-state index in [-0.39, 0.29) is 17.3 Å². The predicted molar refractivity (Wildman–Crippen MR) is 127 cm³/mol. The van der Waals surface area contributed by atoms with Crippen molar-refractivity contribution in [1.29, 1.82) is 0 Å². The molecule has 1 fully saturated rings. The molecule has 1 aliphatic rings. The van der Waals surface area contributed by atoms with Crippen LogP contribution in [0.25, 0.3) is 0 Å². The van der Waals surface area contributed by atoms with Crippen LogP contribution in [0.5, 0.6) is 5.75 Å². The van der Waals surface area contributed by atoms with Gasteiger partial charge in [0.2, 0.25) is 15.9 Å². The summed E-state index contributed by atoms with van der Waals surface area (Å²) in [5, 5.41) is 0. The number of benzene rings is 1. The molecule has 0 spiro atoms. The van der Waals surface area contributed by atoms with E-state index < -0.39 is 15.6 Å². The highest BCUT2D eigenvalue weighted by atomic mass is 32.2. The highest BCUT2D eigenvalue weighted by Crippen LogP contribution is 2.21. The third-order valence-electron chi connectivity index (χ3n) is 5.89. The van der Waals surface area contributed by atoms with Crippen molar-refractivity contribution in [1.82, 2.24) is 13.8 Å². The van der Waals surface area contributed by atoms with Gasteiger partial charge in [0, 0.05) is 57.2 Å². The molecule has 9 nitrogen and oxygen atoms in total. The lowest BCUT2D eigenvalue weighted by atomic mass is 10.2. The Balaban J connectivity index is 1.70. The summed E-state index contributed by atoms with van der Waals surface area (Å²) in [7, 11) is -2.09. The number of pyridine rings is 1. The summed E-state index contributed by atoms with van der Waals surface area (Å²) >= 11 is 0. The fraction of sp³-hybridized carbons (Fsp3) is 0.478. The van der Waals surface area contributed by atoms with Gasteiger partial charge in [-0.2, -0.15) is 4.31 Å². The molecule has 2 aromatic rings. The Morgan fingerprint density at radius 3 is 2.33 bits per heavy atom. The van der Waals surface area contributed by atoms with Crippen LogP contribution in [0, 0.1) is 0 Å². The second kappa shape index (κ2) is 10.8. The van der Waals surface area contributed by atoms with E-state index in [4.69, 9.17) is 4.74 Å². The van der Waals surface area contributed by atoms with Crippen molar-refractivity contribution in [2.75, 3.05) is 51.3 Å². The number of hydrogen-bond donors (Lipinski definition) is 0. The normalized spacial score (nSPS) is 14.9. The number of aromatic nitrogens is 1. The van der Waals surface area contributed by atoms with E-state index in [1.54, 1.807) is 25.9 Å². The molecule has 1 saturated heterocycles. The van der Waals surface area contributed by atoms with E-state index in [1.165, 1.54) is 27.2 Å². The Morgan fingerprint density at radius 1 is 1.00 bits per heavy atom. The van der Waals surface area contributed by atoms with Crippen molar-refractivity contribution in [2.24, 2.45) is 0 Å². The minimum Gasteiger partial charge on any atom is -0.497 e. The van der Waals surface area contributed by atoms with Gasteiger partial charge in [0.15, 0.2) is 0 Å². The van der Waals surface area contributed by atoms with E-state index >= 15 is 0 Å². The average molecular weight is 477 g/mol. The molecule has 1 aromatic heterocycles. The minimum absolute atomic E-state index is 0.0140. The second-order valence-electron chi connectivity index (χ2n) is 7.84. The van der Waals surface area contributed by atoms with Gasteiger partial charge in [-0.25, -0.2) is 8.42 Å². The van der Waals surface area contributed by atoms with Crippen molar-refractivity contribution < 1.29 is 17.9 Å². The fourth-order valence-electron chi connectivity index (χ4n) is 3.96. The number of carbonyl (C=O) groups is 1. The second-order valence-corrected chi connectivity index (χ2v) is 9.78. The van der Waals surface area contributed by atoms with Crippen molar-refractivity contribution in [2.45, 2.75) is 31.7 Å². The lowest BCUT2D eigenvalue weighted by Crippen LogP contribution is -2.39. The third kappa shape index (κ3) is 5.75. The van der Waals surface area contributed by atoms with Gasteiger partial charge in [-0.15, -0.1) is 0 Å². The van der Waals surface area contributed by atoms with Gasteiger partial charge >= 0.3 is 0 Å². The maximum Gasteiger partial charge on any atom is 0.251 e. The van der Waals surface area contributed by atoms with Crippen LogP contribution in [0.1, 0.15) is 20.3 Å². The molecule has 1 aliphatic heterocycles. The molecule has 180 valence electrons. The summed E-state index contributed by atoms with van der Waals surface area (Å²) in [6.07, 6.45) is 2.07. The molecular weight excluding hydrogens is 444 g/mol. The Kier molecular flexibility index (Phi) is 8.15. The molecule has 0 aliphatic carbocycles. The van der Waals surface area contributed by atoms with Gasteiger partial charge in [0.1, 0.15) is 12.3 Å². The number of sulfonamides is 1. The largest absolute Gasteiger partial charge is 0.497 e. The summed E-state index contributed by atoms with van der Waals surface area (Å²) in [4.78, 5) is 29.3. The molecular formula is C23H32N4O5S. The SMILES string of the molecule is CCN(CC)S(=O)(=O)c1ccc(=O)n(CC(=O)N2CCCN(c3ccc(OC)cc3)CC2)c1. The summed E-state index contributed by atoms with van der Waals surface area (Å²) in [6.45, 7) is 6.57. The Hall–Kier alpha value is -2.85. The van der Waals surface area contributed by atoms with Crippen LogP contribution in [-0.4, -0.2) is 74.5 Å². The zero-order valence-corrected chi connectivity index (χ0v) is 20.3. The van der Waals surface area contributed by atoms with Gasteiger partial charge in [-0.05, 0) is 36.8 Å². The molecule has 2 heterocycles. The molecule has 0 N–H and O–H groups in total. The fourth-order valence-corrected chi connectivity index (χ4v) is 5.44. The topological polar surface area (TPSA) is 92.2 Å². The molecule has 0 atom stereocenters. The Morgan fingerprint density at radius 2 is 1.70 bits per heavy atom.